The molecule has 1 aliphatic heterocycles. The summed E-state index contributed by atoms with van der Waals surface area (Å²) >= 11 is 0. The SMILES string of the molecule is Cc1ccc2nc(C3CCCCN3C(C)C)cn2c1. The summed E-state index contributed by atoms with van der Waals surface area (Å²) in [6.45, 7) is 7.91. The minimum atomic E-state index is 0.494. The zero-order valence-electron chi connectivity index (χ0n) is 12.1. The average Bonchev–Trinajstić information content (AvgIpc) is 2.81. The molecule has 3 nitrogen and oxygen atoms in total. The van der Waals surface area contributed by atoms with Crippen LogP contribution in [0.5, 0.6) is 0 Å². The monoisotopic (exact) mass is 257 g/mol. The van der Waals surface area contributed by atoms with Gasteiger partial charge in [-0.15, -0.1) is 0 Å². The van der Waals surface area contributed by atoms with E-state index in [0.717, 1.165) is 5.65 Å². The molecule has 0 aliphatic carbocycles. The molecular weight excluding hydrogens is 234 g/mol. The first-order valence-electron chi connectivity index (χ1n) is 7.36. The van der Waals surface area contributed by atoms with Gasteiger partial charge in [0.1, 0.15) is 5.65 Å². The van der Waals surface area contributed by atoms with E-state index in [-0.39, 0.29) is 0 Å². The molecule has 0 saturated carbocycles. The summed E-state index contributed by atoms with van der Waals surface area (Å²) in [6, 6.07) is 5.33. The topological polar surface area (TPSA) is 20.5 Å². The third kappa shape index (κ3) is 2.39. The molecule has 0 amide bonds. The standard InChI is InChI=1S/C16H23N3/c1-12(2)19-9-5-4-6-15(19)14-11-18-10-13(3)7-8-16(18)17-14/h7-8,10-12,15H,4-6,9H2,1-3H3. The van der Waals surface area contributed by atoms with Crippen molar-refractivity contribution in [2.75, 3.05) is 6.54 Å². The summed E-state index contributed by atoms with van der Waals surface area (Å²) in [5.41, 5.74) is 3.58. The first kappa shape index (κ1) is 12.7. The van der Waals surface area contributed by atoms with Crippen molar-refractivity contribution in [3.8, 4) is 0 Å². The molecule has 3 heteroatoms. The molecule has 2 aromatic rings. The Balaban J connectivity index is 1.97. The third-order valence-electron chi connectivity index (χ3n) is 4.17. The van der Waals surface area contributed by atoms with Crippen LogP contribution in [0.3, 0.4) is 0 Å². The molecule has 1 atom stereocenters. The van der Waals surface area contributed by atoms with Crippen molar-refractivity contribution in [2.45, 2.75) is 52.1 Å². The van der Waals surface area contributed by atoms with E-state index in [2.05, 4.69) is 54.6 Å². The molecule has 0 bridgehead atoms. The van der Waals surface area contributed by atoms with E-state index in [1.165, 1.54) is 37.1 Å². The molecule has 2 aromatic heterocycles. The van der Waals surface area contributed by atoms with Gasteiger partial charge in [-0.1, -0.05) is 12.5 Å². The number of aromatic nitrogens is 2. The van der Waals surface area contributed by atoms with Gasteiger partial charge in [0.05, 0.1) is 11.7 Å². The maximum atomic E-state index is 4.83. The van der Waals surface area contributed by atoms with Gasteiger partial charge in [-0.05, 0) is 51.8 Å². The van der Waals surface area contributed by atoms with Crippen molar-refractivity contribution < 1.29 is 0 Å². The van der Waals surface area contributed by atoms with Gasteiger partial charge in [-0.2, -0.15) is 0 Å². The van der Waals surface area contributed by atoms with Crippen molar-refractivity contribution in [1.82, 2.24) is 14.3 Å². The van der Waals surface area contributed by atoms with E-state index >= 15 is 0 Å². The van der Waals surface area contributed by atoms with Crippen LogP contribution >= 0.6 is 0 Å². The largest absolute Gasteiger partial charge is 0.306 e. The molecule has 102 valence electrons. The number of rotatable bonds is 2. The summed E-state index contributed by atoms with van der Waals surface area (Å²) in [5, 5.41) is 0. The first-order chi connectivity index (χ1) is 9.15. The number of hydrogen-bond donors (Lipinski definition) is 0. The highest BCUT2D eigenvalue weighted by molar-refractivity contribution is 5.41. The van der Waals surface area contributed by atoms with Gasteiger partial charge in [-0.25, -0.2) is 4.98 Å². The van der Waals surface area contributed by atoms with Crippen LogP contribution in [0, 0.1) is 6.92 Å². The van der Waals surface area contributed by atoms with E-state index in [1.807, 2.05) is 0 Å². The number of hydrogen-bond acceptors (Lipinski definition) is 2. The van der Waals surface area contributed by atoms with Gasteiger partial charge in [0.15, 0.2) is 0 Å². The molecule has 0 N–H and O–H groups in total. The van der Waals surface area contributed by atoms with Gasteiger partial charge in [0.2, 0.25) is 0 Å². The van der Waals surface area contributed by atoms with Gasteiger partial charge in [0.25, 0.3) is 0 Å². The zero-order valence-corrected chi connectivity index (χ0v) is 12.1. The first-order valence-corrected chi connectivity index (χ1v) is 7.36. The third-order valence-corrected chi connectivity index (χ3v) is 4.17. The number of nitrogens with zero attached hydrogens (tertiary/aromatic N) is 3. The summed E-state index contributed by atoms with van der Waals surface area (Å²) in [4.78, 5) is 7.43. The van der Waals surface area contributed by atoms with E-state index in [1.54, 1.807) is 0 Å². The normalized spacial score (nSPS) is 21.4. The molecule has 3 rings (SSSR count). The smallest absolute Gasteiger partial charge is 0.137 e. The Hall–Kier alpha value is -1.35. The van der Waals surface area contributed by atoms with Crippen molar-refractivity contribution in [1.29, 1.82) is 0 Å². The Morgan fingerprint density at radius 2 is 2.05 bits per heavy atom. The summed E-state index contributed by atoms with van der Waals surface area (Å²) in [6.07, 6.45) is 8.26. The van der Waals surface area contributed by atoms with E-state index in [4.69, 9.17) is 4.98 Å². The number of pyridine rings is 1. The lowest BCUT2D eigenvalue weighted by Gasteiger charge is -2.37. The van der Waals surface area contributed by atoms with Crippen LogP contribution in [0.15, 0.2) is 24.5 Å². The fourth-order valence-electron chi connectivity index (χ4n) is 3.17. The Bertz CT molecular complexity index is 570. The summed E-state index contributed by atoms with van der Waals surface area (Å²) in [7, 11) is 0. The highest BCUT2D eigenvalue weighted by Gasteiger charge is 2.27. The average molecular weight is 257 g/mol. The molecular formula is C16H23N3. The summed E-state index contributed by atoms with van der Waals surface area (Å²) in [5.74, 6) is 0. The number of aryl methyl sites for hydroxylation is 1. The summed E-state index contributed by atoms with van der Waals surface area (Å²) < 4.78 is 2.16. The fourth-order valence-corrected chi connectivity index (χ4v) is 3.17. The van der Waals surface area contributed by atoms with Gasteiger partial charge >= 0.3 is 0 Å². The van der Waals surface area contributed by atoms with Crippen LogP contribution in [0.25, 0.3) is 5.65 Å². The quantitative estimate of drug-likeness (QED) is 0.819. The number of piperidine rings is 1. The second-order valence-corrected chi connectivity index (χ2v) is 5.98. The second kappa shape index (κ2) is 4.97. The molecule has 0 spiro atoms. The van der Waals surface area contributed by atoms with Crippen LogP contribution in [0.2, 0.25) is 0 Å². The second-order valence-electron chi connectivity index (χ2n) is 5.98. The number of likely N-dealkylation sites (tertiary alicyclic amines) is 1. The number of fused-ring (bicyclic) bond motifs is 1. The van der Waals surface area contributed by atoms with Crippen LogP contribution in [0.4, 0.5) is 0 Å². The van der Waals surface area contributed by atoms with E-state index in [9.17, 15) is 0 Å². The maximum absolute atomic E-state index is 4.83. The highest BCUT2D eigenvalue weighted by Crippen LogP contribution is 2.31. The van der Waals surface area contributed by atoms with Crippen LogP contribution in [0.1, 0.15) is 50.4 Å². The Kier molecular flexibility index (Phi) is 3.31. The molecule has 19 heavy (non-hydrogen) atoms. The molecule has 3 heterocycles. The molecule has 1 saturated heterocycles. The molecule has 1 unspecified atom stereocenters. The molecule has 0 radical (unpaired) electrons. The Labute approximate surface area is 115 Å². The van der Waals surface area contributed by atoms with Crippen LogP contribution in [-0.4, -0.2) is 26.9 Å². The lowest BCUT2D eigenvalue weighted by atomic mass is 9.98. The molecule has 1 aliphatic rings. The fraction of sp³-hybridized carbons (Fsp3) is 0.562. The van der Waals surface area contributed by atoms with E-state index in [0.29, 0.717) is 12.1 Å². The predicted octanol–water partition coefficient (Wildman–Crippen LogP) is 3.58. The minimum Gasteiger partial charge on any atom is -0.306 e. The van der Waals surface area contributed by atoms with E-state index < -0.39 is 0 Å². The Morgan fingerprint density at radius 1 is 1.21 bits per heavy atom. The molecule has 0 aromatic carbocycles. The van der Waals surface area contributed by atoms with Crippen LogP contribution < -0.4 is 0 Å². The van der Waals surface area contributed by atoms with Gasteiger partial charge in [0, 0.05) is 18.4 Å². The van der Waals surface area contributed by atoms with Crippen molar-refractivity contribution in [3.05, 3.63) is 35.8 Å². The van der Waals surface area contributed by atoms with Crippen molar-refractivity contribution in [3.63, 3.8) is 0 Å². The maximum Gasteiger partial charge on any atom is 0.137 e. The Morgan fingerprint density at radius 3 is 2.84 bits per heavy atom. The van der Waals surface area contributed by atoms with Crippen molar-refractivity contribution >= 4 is 5.65 Å². The highest BCUT2D eigenvalue weighted by atomic mass is 15.2. The predicted molar refractivity (Wildman–Crippen MR) is 78.4 cm³/mol. The zero-order chi connectivity index (χ0) is 13.4. The van der Waals surface area contributed by atoms with Crippen molar-refractivity contribution in [2.24, 2.45) is 0 Å². The minimum absolute atomic E-state index is 0.494. The van der Waals surface area contributed by atoms with Gasteiger partial charge < -0.3 is 4.40 Å². The lowest BCUT2D eigenvalue weighted by molar-refractivity contribution is 0.109. The number of imidazole rings is 1. The molecule has 1 fully saturated rings. The van der Waals surface area contributed by atoms with Gasteiger partial charge in [-0.3, -0.25) is 4.90 Å². The van der Waals surface area contributed by atoms with Crippen LogP contribution in [-0.2, 0) is 0 Å². The lowest BCUT2D eigenvalue weighted by Crippen LogP contribution is -2.38.